The predicted octanol–water partition coefficient (Wildman–Crippen LogP) is 3.80. The molecule has 0 unspecified atom stereocenters. The van der Waals surface area contributed by atoms with Crippen molar-refractivity contribution in [1.29, 1.82) is 0 Å². The van der Waals surface area contributed by atoms with E-state index in [9.17, 15) is 4.79 Å². The zero-order valence-electron chi connectivity index (χ0n) is 13.0. The molecule has 1 amide bonds. The number of amides is 1. The summed E-state index contributed by atoms with van der Waals surface area (Å²) < 4.78 is 10.7. The number of furan rings is 1. The average Bonchev–Trinajstić information content (AvgIpc) is 3.08. The van der Waals surface area contributed by atoms with Gasteiger partial charge in [-0.2, -0.15) is 0 Å². The number of rotatable bonds is 6. The number of hydrogen-bond acceptors (Lipinski definition) is 3. The fraction of sp³-hybridized carbons (Fsp3) is 0.211. The molecule has 0 fully saturated rings. The van der Waals surface area contributed by atoms with Crippen LogP contribution < -0.4 is 10.1 Å². The fourth-order valence-corrected chi connectivity index (χ4v) is 2.61. The lowest BCUT2D eigenvalue weighted by atomic mass is 10.0. The smallest absolute Gasteiger partial charge is 0.255 e. The molecule has 1 heterocycles. The van der Waals surface area contributed by atoms with Gasteiger partial charge in [0.2, 0.25) is 0 Å². The Bertz CT molecular complexity index is 793. The van der Waals surface area contributed by atoms with Crippen LogP contribution in [-0.2, 0) is 6.42 Å². The molecule has 0 spiro atoms. The van der Waals surface area contributed by atoms with Crippen molar-refractivity contribution >= 4 is 16.7 Å². The summed E-state index contributed by atoms with van der Waals surface area (Å²) >= 11 is 0. The summed E-state index contributed by atoms with van der Waals surface area (Å²) in [5.41, 5.74) is 1.66. The lowest BCUT2D eigenvalue weighted by Crippen LogP contribution is -2.26. The van der Waals surface area contributed by atoms with Gasteiger partial charge < -0.3 is 14.5 Å². The molecule has 4 heteroatoms. The third-order valence-electron chi connectivity index (χ3n) is 3.70. The number of fused-ring (bicyclic) bond motifs is 1. The van der Waals surface area contributed by atoms with Crippen LogP contribution in [0.1, 0.15) is 22.8 Å². The summed E-state index contributed by atoms with van der Waals surface area (Å²) in [7, 11) is 0. The first-order chi connectivity index (χ1) is 11.3. The summed E-state index contributed by atoms with van der Waals surface area (Å²) in [5.74, 6) is 0.501. The summed E-state index contributed by atoms with van der Waals surface area (Å²) in [6.45, 7) is 2.98. The minimum atomic E-state index is -0.117. The molecule has 0 saturated carbocycles. The van der Waals surface area contributed by atoms with Gasteiger partial charge >= 0.3 is 0 Å². The Hall–Kier alpha value is -2.75. The molecule has 4 nitrogen and oxygen atoms in total. The Labute approximate surface area is 135 Å². The highest BCUT2D eigenvalue weighted by Gasteiger charge is 2.16. The highest BCUT2D eigenvalue weighted by atomic mass is 16.5. The van der Waals surface area contributed by atoms with Gasteiger partial charge in [-0.15, -0.1) is 0 Å². The molecule has 0 aliphatic heterocycles. The van der Waals surface area contributed by atoms with Crippen LogP contribution in [0.25, 0.3) is 10.8 Å². The van der Waals surface area contributed by atoms with Crippen molar-refractivity contribution in [2.24, 2.45) is 0 Å². The first-order valence-electron chi connectivity index (χ1n) is 7.73. The van der Waals surface area contributed by atoms with E-state index in [2.05, 4.69) is 5.32 Å². The Morgan fingerprint density at radius 1 is 1.17 bits per heavy atom. The molecular weight excluding hydrogens is 290 g/mol. The zero-order chi connectivity index (χ0) is 16.1. The minimum absolute atomic E-state index is 0.117. The van der Waals surface area contributed by atoms with Gasteiger partial charge in [-0.3, -0.25) is 4.79 Å². The van der Waals surface area contributed by atoms with Crippen LogP contribution in [-0.4, -0.2) is 19.1 Å². The van der Waals surface area contributed by atoms with E-state index in [1.807, 2.05) is 49.4 Å². The van der Waals surface area contributed by atoms with E-state index in [0.29, 0.717) is 24.5 Å². The van der Waals surface area contributed by atoms with Crippen LogP contribution in [0.4, 0.5) is 0 Å². The number of ether oxygens (including phenoxy) is 1. The molecule has 1 N–H and O–H groups in total. The third-order valence-corrected chi connectivity index (χ3v) is 3.70. The highest BCUT2D eigenvalue weighted by Crippen LogP contribution is 2.28. The summed E-state index contributed by atoms with van der Waals surface area (Å²) in [4.78, 5) is 12.7. The predicted molar refractivity (Wildman–Crippen MR) is 89.9 cm³/mol. The maximum absolute atomic E-state index is 12.7. The molecule has 0 bridgehead atoms. The van der Waals surface area contributed by atoms with E-state index in [4.69, 9.17) is 9.15 Å². The van der Waals surface area contributed by atoms with Crippen molar-refractivity contribution < 1.29 is 13.9 Å². The number of benzene rings is 2. The zero-order valence-corrected chi connectivity index (χ0v) is 13.0. The molecule has 0 atom stereocenters. The van der Waals surface area contributed by atoms with Crippen molar-refractivity contribution in [2.45, 2.75) is 13.3 Å². The van der Waals surface area contributed by atoms with Crippen LogP contribution in [0.5, 0.6) is 5.75 Å². The molecule has 118 valence electrons. The molecule has 3 rings (SSSR count). The van der Waals surface area contributed by atoms with Gasteiger partial charge in [0.15, 0.2) is 0 Å². The number of nitrogens with one attached hydrogen (secondary N) is 1. The van der Waals surface area contributed by atoms with Crippen molar-refractivity contribution in [1.82, 2.24) is 5.32 Å². The molecule has 1 aromatic heterocycles. The lowest BCUT2D eigenvalue weighted by Gasteiger charge is -2.13. The number of carbonyl (C=O) groups excluding carboxylic acids is 1. The number of carbonyl (C=O) groups is 1. The fourth-order valence-electron chi connectivity index (χ4n) is 2.61. The van der Waals surface area contributed by atoms with Gasteiger partial charge in [0, 0.05) is 6.54 Å². The summed E-state index contributed by atoms with van der Waals surface area (Å²) in [5, 5.41) is 4.89. The van der Waals surface area contributed by atoms with Crippen LogP contribution in [0.15, 0.2) is 59.4 Å². The van der Waals surface area contributed by atoms with Crippen LogP contribution in [0.2, 0.25) is 0 Å². The van der Waals surface area contributed by atoms with E-state index < -0.39 is 0 Å². The highest BCUT2D eigenvalue weighted by molar-refractivity contribution is 6.09. The second-order valence-electron chi connectivity index (χ2n) is 5.23. The van der Waals surface area contributed by atoms with E-state index in [-0.39, 0.29) is 5.91 Å². The van der Waals surface area contributed by atoms with E-state index in [0.717, 1.165) is 22.8 Å². The van der Waals surface area contributed by atoms with Gasteiger partial charge in [0.05, 0.1) is 24.7 Å². The Morgan fingerprint density at radius 3 is 2.83 bits per heavy atom. The Balaban J connectivity index is 1.83. The maximum atomic E-state index is 12.7. The largest absolute Gasteiger partial charge is 0.493 e. The third kappa shape index (κ3) is 3.37. The topological polar surface area (TPSA) is 51.5 Å². The van der Waals surface area contributed by atoms with Crippen LogP contribution >= 0.6 is 0 Å². The monoisotopic (exact) mass is 309 g/mol. The lowest BCUT2D eigenvalue weighted by molar-refractivity contribution is 0.0952. The maximum Gasteiger partial charge on any atom is 0.255 e. The standard InChI is InChI=1S/C19H19NO3/c1-2-23-17-8-7-15-5-3-4-6-16(15)18(17)19(21)20-11-9-14-10-12-22-13-14/h3-8,10,12-13H,2,9,11H2,1H3,(H,20,21). The van der Waals surface area contributed by atoms with E-state index in [1.165, 1.54) is 0 Å². The first-order valence-corrected chi connectivity index (χ1v) is 7.73. The SMILES string of the molecule is CCOc1ccc2ccccc2c1C(=O)NCCc1ccoc1. The number of hydrogen-bond donors (Lipinski definition) is 1. The van der Waals surface area contributed by atoms with Crippen molar-refractivity contribution in [2.75, 3.05) is 13.2 Å². The molecule has 3 aromatic rings. The van der Waals surface area contributed by atoms with Crippen molar-refractivity contribution in [3.05, 3.63) is 66.1 Å². The normalized spacial score (nSPS) is 10.7. The van der Waals surface area contributed by atoms with Crippen LogP contribution in [0, 0.1) is 0 Å². The quantitative estimate of drug-likeness (QED) is 0.753. The molecule has 23 heavy (non-hydrogen) atoms. The Morgan fingerprint density at radius 2 is 2.04 bits per heavy atom. The molecule has 0 aliphatic carbocycles. The van der Waals surface area contributed by atoms with E-state index in [1.54, 1.807) is 12.5 Å². The molecular formula is C19H19NO3. The molecule has 0 radical (unpaired) electrons. The van der Waals surface area contributed by atoms with Gasteiger partial charge in [-0.05, 0) is 41.8 Å². The van der Waals surface area contributed by atoms with Crippen LogP contribution in [0.3, 0.4) is 0 Å². The molecule has 0 saturated heterocycles. The minimum Gasteiger partial charge on any atom is -0.493 e. The average molecular weight is 309 g/mol. The Kier molecular flexibility index (Phi) is 4.62. The van der Waals surface area contributed by atoms with E-state index >= 15 is 0 Å². The molecule has 0 aliphatic rings. The first kappa shape index (κ1) is 15.2. The summed E-state index contributed by atoms with van der Waals surface area (Å²) in [6, 6.07) is 13.6. The second kappa shape index (κ2) is 7.01. The van der Waals surface area contributed by atoms with Crippen molar-refractivity contribution in [3.8, 4) is 5.75 Å². The van der Waals surface area contributed by atoms with Gasteiger partial charge in [0.25, 0.3) is 5.91 Å². The van der Waals surface area contributed by atoms with Gasteiger partial charge in [0.1, 0.15) is 5.75 Å². The van der Waals surface area contributed by atoms with Gasteiger partial charge in [-0.25, -0.2) is 0 Å². The second-order valence-corrected chi connectivity index (χ2v) is 5.23. The summed E-state index contributed by atoms with van der Waals surface area (Å²) in [6.07, 6.45) is 4.06. The molecule has 2 aromatic carbocycles. The van der Waals surface area contributed by atoms with Crippen molar-refractivity contribution in [3.63, 3.8) is 0 Å². The van der Waals surface area contributed by atoms with Gasteiger partial charge in [-0.1, -0.05) is 30.3 Å².